The van der Waals surface area contributed by atoms with Crippen LogP contribution in [-0.2, 0) is 0 Å². The Labute approximate surface area is 172 Å². The highest BCUT2D eigenvalue weighted by Gasteiger charge is 2.18. The van der Waals surface area contributed by atoms with Crippen LogP contribution in [0.2, 0.25) is 0 Å². The second-order valence-electron chi connectivity index (χ2n) is 7.55. The Morgan fingerprint density at radius 3 is 2.14 bits per heavy atom. The van der Waals surface area contributed by atoms with E-state index in [4.69, 9.17) is 0 Å². The molecule has 148 valence electrons. The highest BCUT2D eigenvalue weighted by Crippen LogP contribution is 2.20. The zero-order chi connectivity index (χ0) is 20.2. The van der Waals surface area contributed by atoms with Crippen molar-refractivity contribution in [3.8, 4) is 0 Å². The second-order valence-corrected chi connectivity index (χ2v) is 7.55. The van der Waals surface area contributed by atoms with E-state index in [0.29, 0.717) is 5.56 Å². The third kappa shape index (κ3) is 4.57. The molecule has 1 fully saturated rings. The van der Waals surface area contributed by atoms with Gasteiger partial charge < -0.3 is 15.1 Å². The van der Waals surface area contributed by atoms with Crippen molar-refractivity contribution < 1.29 is 4.79 Å². The van der Waals surface area contributed by atoms with Crippen molar-refractivity contribution in [3.05, 3.63) is 83.6 Å². The quantitative estimate of drug-likeness (QED) is 0.727. The number of rotatable bonds is 4. The van der Waals surface area contributed by atoms with E-state index in [1.165, 1.54) is 5.69 Å². The monoisotopic (exact) mass is 386 g/mol. The van der Waals surface area contributed by atoms with E-state index in [1.807, 2.05) is 44.2 Å². The molecule has 5 nitrogen and oxygen atoms in total. The SMILES string of the molecule is Cc1cc(C)cc(NC(=O)c2ccc(N3CCN(c4ccccc4)CC3)nc2)c1. The molecule has 1 N–H and O–H groups in total. The summed E-state index contributed by atoms with van der Waals surface area (Å²) in [7, 11) is 0. The Hall–Kier alpha value is -3.34. The van der Waals surface area contributed by atoms with Crippen LogP contribution >= 0.6 is 0 Å². The van der Waals surface area contributed by atoms with Gasteiger partial charge in [0, 0.05) is 43.8 Å². The molecule has 5 heteroatoms. The first-order valence-electron chi connectivity index (χ1n) is 9.99. The molecule has 0 aliphatic carbocycles. The number of piperazine rings is 1. The first-order chi connectivity index (χ1) is 14.1. The molecule has 0 bridgehead atoms. The molecular weight excluding hydrogens is 360 g/mol. The minimum atomic E-state index is -0.136. The summed E-state index contributed by atoms with van der Waals surface area (Å²) in [5.74, 6) is 0.781. The van der Waals surface area contributed by atoms with E-state index in [2.05, 4.69) is 50.4 Å². The zero-order valence-corrected chi connectivity index (χ0v) is 16.9. The van der Waals surface area contributed by atoms with Gasteiger partial charge in [0.1, 0.15) is 5.82 Å². The average Bonchev–Trinajstić information content (AvgIpc) is 2.74. The fourth-order valence-corrected chi connectivity index (χ4v) is 3.79. The molecule has 1 aromatic heterocycles. The molecule has 0 radical (unpaired) electrons. The van der Waals surface area contributed by atoms with Gasteiger partial charge in [0.15, 0.2) is 0 Å². The summed E-state index contributed by atoms with van der Waals surface area (Å²) < 4.78 is 0. The van der Waals surface area contributed by atoms with Gasteiger partial charge in [-0.2, -0.15) is 0 Å². The number of nitrogens with zero attached hydrogens (tertiary/aromatic N) is 3. The second kappa shape index (κ2) is 8.35. The number of aromatic nitrogens is 1. The van der Waals surface area contributed by atoms with Gasteiger partial charge in [-0.1, -0.05) is 24.3 Å². The summed E-state index contributed by atoms with van der Waals surface area (Å²) in [6.45, 7) is 7.79. The number of para-hydroxylation sites is 1. The average molecular weight is 386 g/mol. The molecule has 0 spiro atoms. The number of hydrogen-bond donors (Lipinski definition) is 1. The first-order valence-corrected chi connectivity index (χ1v) is 9.99. The largest absolute Gasteiger partial charge is 0.368 e. The highest BCUT2D eigenvalue weighted by molar-refractivity contribution is 6.04. The molecule has 0 unspecified atom stereocenters. The van der Waals surface area contributed by atoms with Crippen molar-refractivity contribution in [2.75, 3.05) is 41.3 Å². The summed E-state index contributed by atoms with van der Waals surface area (Å²) in [6, 6.07) is 20.3. The molecule has 3 aromatic rings. The molecule has 2 heterocycles. The van der Waals surface area contributed by atoms with Crippen molar-refractivity contribution in [1.82, 2.24) is 4.98 Å². The van der Waals surface area contributed by atoms with Crippen molar-refractivity contribution in [1.29, 1.82) is 0 Å². The summed E-state index contributed by atoms with van der Waals surface area (Å²) in [5.41, 5.74) is 4.90. The summed E-state index contributed by atoms with van der Waals surface area (Å²) in [6.07, 6.45) is 1.66. The Bertz CT molecular complexity index is 957. The van der Waals surface area contributed by atoms with E-state index in [9.17, 15) is 4.79 Å². The Morgan fingerprint density at radius 1 is 0.862 bits per heavy atom. The Kier molecular flexibility index (Phi) is 5.47. The molecule has 4 rings (SSSR count). The summed E-state index contributed by atoms with van der Waals surface area (Å²) in [5, 5.41) is 2.96. The lowest BCUT2D eigenvalue weighted by molar-refractivity contribution is 0.102. The number of pyridine rings is 1. The van der Waals surface area contributed by atoms with Crippen molar-refractivity contribution in [3.63, 3.8) is 0 Å². The standard InChI is InChI=1S/C24H26N4O/c1-18-14-19(2)16-21(15-18)26-24(29)20-8-9-23(25-17-20)28-12-10-27(11-13-28)22-6-4-3-5-7-22/h3-9,14-17H,10-13H2,1-2H3,(H,26,29). The lowest BCUT2D eigenvalue weighted by atomic mass is 10.1. The van der Waals surface area contributed by atoms with E-state index in [0.717, 1.165) is 48.8 Å². The lowest BCUT2D eigenvalue weighted by Crippen LogP contribution is -2.46. The number of anilines is 3. The van der Waals surface area contributed by atoms with Gasteiger partial charge >= 0.3 is 0 Å². The third-order valence-corrected chi connectivity index (χ3v) is 5.21. The fourth-order valence-electron chi connectivity index (χ4n) is 3.79. The molecule has 29 heavy (non-hydrogen) atoms. The topological polar surface area (TPSA) is 48.5 Å². The molecule has 0 atom stereocenters. The van der Waals surface area contributed by atoms with Crippen molar-refractivity contribution in [2.24, 2.45) is 0 Å². The van der Waals surface area contributed by atoms with Gasteiger partial charge in [-0.3, -0.25) is 4.79 Å². The van der Waals surface area contributed by atoms with Crippen LogP contribution in [-0.4, -0.2) is 37.1 Å². The van der Waals surface area contributed by atoms with Crippen LogP contribution in [0, 0.1) is 13.8 Å². The number of benzene rings is 2. The van der Waals surface area contributed by atoms with Gasteiger partial charge in [0.2, 0.25) is 0 Å². The van der Waals surface area contributed by atoms with Crippen LogP contribution in [0.4, 0.5) is 17.2 Å². The number of aryl methyl sites for hydroxylation is 2. The number of amides is 1. The molecular formula is C24H26N4O. The number of nitrogens with one attached hydrogen (secondary N) is 1. The fraction of sp³-hybridized carbons (Fsp3) is 0.250. The Balaban J connectivity index is 1.37. The van der Waals surface area contributed by atoms with Crippen LogP contribution in [0.3, 0.4) is 0 Å². The van der Waals surface area contributed by atoms with Crippen molar-refractivity contribution in [2.45, 2.75) is 13.8 Å². The number of carbonyl (C=O) groups is 1. The van der Waals surface area contributed by atoms with Gasteiger partial charge in [-0.05, 0) is 61.4 Å². The molecule has 2 aromatic carbocycles. The number of hydrogen-bond acceptors (Lipinski definition) is 4. The van der Waals surface area contributed by atoms with Crippen LogP contribution in [0.25, 0.3) is 0 Å². The molecule has 0 saturated carbocycles. The molecule has 1 amide bonds. The smallest absolute Gasteiger partial charge is 0.257 e. The van der Waals surface area contributed by atoms with E-state index < -0.39 is 0 Å². The predicted molar refractivity (Wildman–Crippen MR) is 119 cm³/mol. The summed E-state index contributed by atoms with van der Waals surface area (Å²) in [4.78, 5) is 21.8. The van der Waals surface area contributed by atoms with Crippen LogP contribution < -0.4 is 15.1 Å². The van der Waals surface area contributed by atoms with Crippen LogP contribution in [0.1, 0.15) is 21.5 Å². The minimum absolute atomic E-state index is 0.136. The normalized spacial score (nSPS) is 14.0. The molecule has 1 aliphatic heterocycles. The van der Waals surface area contributed by atoms with Gasteiger partial charge in [-0.15, -0.1) is 0 Å². The van der Waals surface area contributed by atoms with Crippen LogP contribution in [0.5, 0.6) is 0 Å². The van der Waals surface area contributed by atoms with Crippen LogP contribution in [0.15, 0.2) is 66.9 Å². The van der Waals surface area contributed by atoms with E-state index in [1.54, 1.807) is 6.20 Å². The Morgan fingerprint density at radius 2 is 1.52 bits per heavy atom. The first kappa shape index (κ1) is 19.0. The minimum Gasteiger partial charge on any atom is -0.368 e. The third-order valence-electron chi connectivity index (χ3n) is 5.21. The maximum Gasteiger partial charge on any atom is 0.257 e. The van der Waals surface area contributed by atoms with Gasteiger partial charge in [-0.25, -0.2) is 4.98 Å². The number of carbonyl (C=O) groups excluding carboxylic acids is 1. The summed E-state index contributed by atoms with van der Waals surface area (Å²) >= 11 is 0. The molecule has 1 aliphatic rings. The lowest BCUT2D eigenvalue weighted by Gasteiger charge is -2.36. The predicted octanol–water partition coefficient (Wildman–Crippen LogP) is 4.28. The van der Waals surface area contributed by atoms with Crippen molar-refractivity contribution >= 4 is 23.1 Å². The van der Waals surface area contributed by atoms with Gasteiger partial charge in [0.25, 0.3) is 5.91 Å². The molecule has 1 saturated heterocycles. The van der Waals surface area contributed by atoms with Gasteiger partial charge in [0.05, 0.1) is 5.56 Å². The zero-order valence-electron chi connectivity index (χ0n) is 16.9. The van der Waals surface area contributed by atoms with E-state index >= 15 is 0 Å². The maximum atomic E-state index is 12.6. The maximum absolute atomic E-state index is 12.6. The highest BCUT2D eigenvalue weighted by atomic mass is 16.1. The van der Waals surface area contributed by atoms with E-state index in [-0.39, 0.29) is 5.91 Å².